The molecular weight excluding hydrogens is 326 g/mol. The summed E-state index contributed by atoms with van der Waals surface area (Å²) < 4.78 is 10.7. The van der Waals surface area contributed by atoms with Gasteiger partial charge in [-0.1, -0.05) is 0 Å². The zero-order chi connectivity index (χ0) is 16.6. The number of rotatable bonds is 3. The number of carbonyl (C=O) groups excluding carboxylic acids is 1. The summed E-state index contributed by atoms with van der Waals surface area (Å²) in [5.74, 6) is 1.16. The second kappa shape index (κ2) is 5.80. The van der Waals surface area contributed by atoms with E-state index in [1.807, 2.05) is 18.2 Å². The van der Waals surface area contributed by atoms with Gasteiger partial charge in [-0.15, -0.1) is 11.3 Å². The molecule has 0 unspecified atom stereocenters. The van der Waals surface area contributed by atoms with Crippen LogP contribution in [0.5, 0.6) is 11.5 Å². The minimum Gasteiger partial charge on any atom is -0.454 e. The number of benzene rings is 1. The molecule has 24 heavy (non-hydrogen) atoms. The summed E-state index contributed by atoms with van der Waals surface area (Å²) in [4.78, 5) is 17.3. The lowest BCUT2D eigenvalue weighted by molar-refractivity contribution is 0.0924. The summed E-state index contributed by atoms with van der Waals surface area (Å²) in [6.45, 7) is 0.223. The zero-order valence-corrected chi connectivity index (χ0v) is 13.7. The van der Waals surface area contributed by atoms with Gasteiger partial charge in [0, 0.05) is 5.56 Å². The predicted molar refractivity (Wildman–Crippen MR) is 88.0 cm³/mol. The average Bonchev–Trinajstić information content (AvgIpc) is 3.34. The summed E-state index contributed by atoms with van der Waals surface area (Å²) in [7, 11) is 0. The number of hydrogen-bond donors (Lipinski definition) is 1. The SMILES string of the molecule is N#CC1(NC(=O)c2cnc(-c3ccc4c(c3)OCO4)s2)CCCC1. The van der Waals surface area contributed by atoms with E-state index in [0.29, 0.717) is 29.2 Å². The molecule has 122 valence electrons. The highest BCUT2D eigenvalue weighted by atomic mass is 32.1. The van der Waals surface area contributed by atoms with Crippen LogP contribution in [0.3, 0.4) is 0 Å². The van der Waals surface area contributed by atoms with Crippen molar-refractivity contribution in [2.45, 2.75) is 31.2 Å². The third-order valence-electron chi connectivity index (χ3n) is 4.37. The first-order chi connectivity index (χ1) is 11.7. The van der Waals surface area contributed by atoms with Gasteiger partial charge in [0.15, 0.2) is 11.5 Å². The maximum Gasteiger partial charge on any atom is 0.264 e. The van der Waals surface area contributed by atoms with E-state index in [-0.39, 0.29) is 12.7 Å². The molecule has 4 rings (SSSR count). The molecular formula is C17H15N3O3S. The van der Waals surface area contributed by atoms with E-state index in [1.165, 1.54) is 11.3 Å². The molecule has 2 heterocycles. The van der Waals surface area contributed by atoms with Crippen molar-refractivity contribution in [2.24, 2.45) is 0 Å². The standard InChI is InChI=1S/C17H15N3O3S/c18-9-17(5-1-2-6-17)20-15(21)14-8-19-16(24-14)11-3-4-12-13(7-11)23-10-22-12/h3-4,7-8H,1-2,5-6,10H2,(H,20,21). The van der Waals surface area contributed by atoms with E-state index in [9.17, 15) is 10.1 Å². The van der Waals surface area contributed by atoms with E-state index >= 15 is 0 Å². The lowest BCUT2D eigenvalue weighted by atomic mass is 10.00. The highest BCUT2D eigenvalue weighted by Gasteiger charge is 2.36. The predicted octanol–water partition coefficient (Wildman–Crippen LogP) is 3.10. The van der Waals surface area contributed by atoms with Crippen molar-refractivity contribution in [3.63, 3.8) is 0 Å². The monoisotopic (exact) mass is 341 g/mol. The number of aromatic nitrogens is 1. The van der Waals surface area contributed by atoms with Crippen LogP contribution in [0.1, 0.15) is 35.4 Å². The third-order valence-corrected chi connectivity index (χ3v) is 5.42. The minimum absolute atomic E-state index is 0.223. The highest BCUT2D eigenvalue weighted by molar-refractivity contribution is 7.16. The van der Waals surface area contributed by atoms with Crippen LogP contribution in [0.25, 0.3) is 10.6 Å². The molecule has 0 atom stereocenters. The molecule has 2 aromatic rings. The van der Waals surface area contributed by atoms with E-state index in [0.717, 1.165) is 23.4 Å². The molecule has 6 nitrogen and oxygen atoms in total. The maximum absolute atomic E-state index is 12.5. The molecule has 0 radical (unpaired) electrons. The number of hydrogen-bond acceptors (Lipinski definition) is 6. The van der Waals surface area contributed by atoms with Crippen molar-refractivity contribution >= 4 is 17.2 Å². The van der Waals surface area contributed by atoms with E-state index in [2.05, 4.69) is 16.4 Å². The van der Waals surface area contributed by atoms with Crippen LogP contribution in [-0.4, -0.2) is 23.2 Å². The Kier molecular flexibility index (Phi) is 3.62. The molecule has 1 saturated carbocycles. The fourth-order valence-electron chi connectivity index (χ4n) is 3.06. The summed E-state index contributed by atoms with van der Waals surface area (Å²) in [5, 5.41) is 13.0. The van der Waals surface area contributed by atoms with Gasteiger partial charge in [-0.05, 0) is 43.9 Å². The zero-order valence-electron chi connectivity index (χ0n) is 12.9. The molecule has 7 heteroatoms. The number of carbonyl (C=O) groups is 1. The van der Waals surface area contributed by atoms with Gasteiger partial charge in [-0.3, -0.25) is 4.79 Å². The van der Waals surface area contributed by atoms with Crippen LogP contribution in [0, 0.1) is 11.3 Å². The van der Waals surface area contributed by atoms with Crippen molar-refractivity contribution in [3.8, 4) is 28.1 Å². The van der Waals surface area contributed by atoms with E-state index in [4.69, 9.17) is 9.47 Å². The van der Waals surface area contributed by atoms with Crippen LogP contribution in [0.4, 0.5) is 0 Å². The third kappa shape index (κ3) is 2.59. The van der Waals surface area contributed by atoms with Crippen LogP contribution in [0.2, 0.25) is 0 Å². The lowest BCUT2D eigenvalue weighted by Gasteiger charge is -2.21. The Balaban J connectivity index is 1.54. The number of amides is 1. The first-order valence-corrected chi connectivity index (χ1v) is 8.60. The van der Waals surface area contributed by atoms with E-state index in [1.54, 1.807) is 6.20 Å². The van der Waals surface area contributed by atoms with Gasteiger partial charge in [0.1, 0.15) is 15.4 Å². The molecule has 0 saturated heterocycles. The second-order valence-electron chi connectivity index (χ2n) is 5.95. The van der Waals surface area contributed by atoms with Gasteiger partial charge in [-0.25, -0.2) is 4.98 Å². The Bertz CT molecular complexity index is 834. The van der Waals surface area contributed by atoms with Gasteiger partial charge < -0.3 is 14.8 Å². The summed E-state index contributed by atoms with van der Waals surface area (Å²) in [6.07, 6.45) is 4.92. The number of nitrogens with zero attached hydrogens (tertiary/aromatic N) is 2. The molecule has 1 aromatic heterocycles. The molecule has 1 amide bonds. The quantitative estimate of drug-likeness (QED) is 0.927. The maximum atomic E-state index is 12.5. The van der Waals surface area contributed by atoms with Gasteiger partial charge in [0.05, 0.1) is 12.3 Å². The number of nitrogens with one attached hydrogen (secondary N) is 1. The topological polar surface area (TPSA) is 84.2 Å². The van der Waals surface area contributed by atoms with Crippen LogP contribution >= 0.6 is 11.3 Å². The number of thiazole rings is 1. The molecule has 1 aliphatic carbocycles. The highest BCUT2D eigenvalue weighted by Crippen LogP contribution is 2.37. The normalized spacial score (nSPS) is 17.5. The minimum atomic E-state index is -0.722. The Morgan fingerprint density at radius 2 is 2.08 bits per heavy atom. The van der Waals surface area contributed by atoms with Gasteiger partial charge in [0.25, 0.3) is 5.91 Å². The van der Waals surface area contributed by atoms with Crippen LogP contribution < -0.4 is 14.8 Å². The van der Waals surface area contributed by atoms with Gasteiger partial charge >= 0.3 is 0 Å². The second-order valence-corrected chi connectivity index (χ2v) is 6.98. The summed E-state index contributed by atoms with van der Waals surface area (Å²) in [6, 6.07) is 7.85. The molecule has 1 N–H and O–H groups in total. The Hall–Kier alpha value is -2.59. The molecule has 0 spiro atoms. The fraction of sp³-hybridized carbons (Fsp3) is 0.353. The smallest absolute Gasteiger partial charge is 0.264 e. The van der Waals surface area contributed by atoms with Crippen molar-refractivity contribution in [3.05, 3.63) is 29.3 Å². The molecule has 0 bridgehead atoms. The molecule has 2 aliphatic rings. The molecule has 1 fully saturated rings. The first kappa shape index (κ1) is 15.0. The van der Waals surface area contributed by atoms with E-state index < -0.39 is 5.54 Å². The number of nitriles is 1. The van der Waals surface area contributed by atoms with Gasteiger partial charge in [-0.2, -0.15) is 5.26 Å². The Morgan fingerprint density at radius 1 is 1.29 bits per heavy atom. The van der Waals surface area contributed by atoms with Gasteiger partial charge in [0.2, 0.25) is 6.79 Å². The number of ether oxygens (including phenoxy) is 2. The van der Waals surface area contributed by atoms with Crippen LogP contribution in [-0.2, 0) is 0 Å². The largest absolute Gasteiger partial charge is 0.454 e. The molecule has 1 aromatic carbocycles. The van der Waals surface area contributed by atoms with Crippen LogP contribution in [0.15, 0.2) is 24.4 Å². The van der Waals surface area contributed by atoms with Crippen molar-refractivity contribution in [1.82, 2.24) is 10.3 Å². The number of fused-ring (bicyclic) bond motifs is 1. The van der Waals surface area contributed by atoms with Crippen molar-refractivity contribution < 1.29 is 14.3 Å². The molecule has 1 aliphatic heterocycles. The lowest BCUT2D eigenvalue weighted by Crippen LogP contribution is -2.44. The van der Waals surface area contributed by atoms with Crippen molar-refractivity contribution in [2.75, 3.05) is 6.79 Å². The Morgan fingerprint density at radius 3 is 2.88 bits per heavy atom. The summed E-state index contributed by atoms with van der Waals surface area (Å²) >= 11 is 1.30. The average molecular weight is 341 g/mol. The summed E-state index contributed by atoms with van der Waals surface area (Å²) in [5.41, 5.74) is 0.152. The first-order valence-electron chi connectivity index (χ1n) is 7.79. The van der Waals surface area contributed by atoms with Crippen molar-refractivity contribution in [1.29, 1.82) is 5.26 Å². The Labute approximate surface area is 143 Å². The fourth-order valence-corrected chi connectivity index (χ4v) is 3.87.